The first-order chi connectivity index (χ1) is 10.8. The van der Waals surface area contributed by atoms with Crippen molar-refractivity contribution >= 4 is 5.91 Å². The number of rotatable bonds is 3. The molecule has 5 nitrogen and oxygen atoms in total. The Morgan fingerprint density at radius 2 is 1.95 bits per heavy atom. The van der Waals surface area contributed by atoms with Crippen LogP contribution in [0.2, 0.25) is 0 Å². The molecule has 2 fully saturated rings. The van der Waals surface area contributed by atoms with Crippen molar-refractivity contribution in [1.29, 1.82) is 0 Å². The van der Waals surface area contributed by atoms with Crippen LogP contribution >= 0.6 is 0 Å². The van der Waals surface area contributed by atoms with E-state index in [4.69, 9.17) is 4.42 Å². The normalized spacial score (nSPS) is 24.6. The summed E-state index contributed by atoms with van der Waals surface area (Å²) < 4.78 is 5.22. The molecule has 5 heteroatoms. The van der Waals surface area contributed by atoms with Crippen molar-refractivity contribution in [2.24, 2.45) is 11.8 Å². The molecule has 2 atom stereocenters. The highest BCUT2D eigenvalue weighted by Crippen LogP contribution is 2.32. The lowest BCUT2D eigenvalue weighted by atomic mass is 10.0. The first-order valence-corrected chi connectivity index (χ1v) is 7.74. The van der Waals surface area contributed by atoms with Crippen LogP contribution in [-0.2, 0) is 6.54 Å². The first kappa shape index (κ1) is 13.5. The number of amides is 1. The smallest absolute Gasteiger partial charge is 0.289 e. The zero-order valence-corrected chi connectivity index (χ0v) is 12.4. The fourth-order valence-corrected chi connectivity index (χ4v) is 3.66. The summed E-state index contributed by atoms with van der Waals surface area (Å²) >= 11 is 0. The Bertz CT molecular complexity index is 627. The Labute approximate surface area is 129 Å². The minimum Gasteiger partial charge on any atom is -0.459 e. The van der Waals surface area contributed by atoms with E-state index < -0.39 is 0 Å². The predicted octanol–water partition coefficient (Wildman–Crippen LogP) is 1.88. The third kappa shape index (κ3) is 2.52. The Balaban J connectivity index is 1.36. The van der Waals surface area contributed by atoms with Gasteiger partial charge in [0.25, 0.3) is 5.91 Å². The lowest BCUT2D eigenvalue weighted by Crippen LogP contribution is -2.33. The van der Waals surface area contributed by atoms with Gasteiger partial charge in [-0.3, -0.25) is 14.7 Å². The van der Waals surface area contributed by atoms with Crippen LogP contribution in [0.25, 0.3) is 0 Å². The van der Waals surface area contributed by atoms with Gasteiger partial charge in [0.2, 0.25) is 0 Å². The number of nitrogens with zero attached hydrogens (tertiary/aromatic N) is 3. The number of hydrogen-bond acceptors (Lipinski definition) is 4. The molecule has 2 aromatic heterocycles. The molecule has 0 radical (unpaired) electrons. The van der Waals surface area contributed by atoms with Crippen molar-refractivity contribution in [3.63, 3.8) is 0 Å². The molecule has 22 heavy (non-hydrogen) atoms. The molecule has 1 amide bonds. The lowest BCUT2D eigenvalue weighted by Gasteiger charge is -2.20. The molecule has 114 valence electrons. The van der Waals surface area contributed by atoms with Gasteiger partial charge in [-0.25, -0.2) is 0 Å². The third-order valence-corrected chi connectivity index (χ3v) is 4.69. The van der Waals surface area contributed by atoms with Gasteiger partial charge >= 0.3 is 0 Å². The maximum Gasteiger partial charge on any atom is 0.289 e. The number of likely N-dealkylation sites (tertiary alicyclic amines) is 2. The third-order valence-electron chi connectivity index (χ3n) is 4.69. The molecule has 4 rings (SSSR count). The van der Waals surface area contributed by atoms with Crippen molar-refractivity contribution in [2.75, 3.05) is 26.2 Å². The molecular weight excluding hydrogens is 278 g/mol. The summed E-state index contributed by atoms with van der Waals surface area (Å²) in [5.74, 6) is 1.62. The molecule has 4 heterocycles. The maximum absolute atomic E-state index is 12.3. The van der Waals surface area contributed by atoms with Gasteiger partial charge in [0.1, 0.15) is 0 Å². The molecule has 0 N–H and O–H groups in total. The molecular formula is C17H19N3O2. The Kier molecular flexibility index (Phi) is 3.42. The SMILES string of the molecule is O=C(c1ccco1)N1C[C@@H]2CN(Cc3ccccn3)C[C@H]2C1. The monoisotopic (exact) mass is 297 g/mol. The van der Waals surface area contributed by atoms with Gasteiger partial charge in [-0.05, 0) is 36.1 Å². The standard InChI is InChI=1S/C17H19N3O2/c21-17(16-5-3-7-22-16)20-10-13-8-19(9-14(13)11-20)12-15-4-1-2-6-18-15/h1-7,13-14H,8-12H2/t13-,14-/m0/s1. The molecule has 0 aromatic carbocycles. The largest absolute Gasteiger partial charge is 0.459 e. The van der Waals surface area contributed by atoms with Gasteiger partial charge in [0, 0.05) is 38.9 Å². The first-order valence-electron chi connectivity index (χ1n) is 7.74. The van der Waals surface area contributed by atoms with Crippen LogP contribution in [0.1, 0.15) is 16.2 Å². The predicted molar refractivity (Wildman–Crippen MR) is 81.1 cm³/mol. The molecule has 0 bridgehead atoms. The summed E-state index contributed by atoms with van der Waals surface area (Å²) in [6, 6.07) is 9.55. The van der Waals surface area contributed by atoms with Crippen molar-refractivity contribution in [2.45, 2.75) is 6.54 Å². The van der Waals surface area contributed by atoms with E-state index in [2.05, 4.69) is 16.0 Å². The molecule has 2 aliphatic heterocycles. The van der Waals surface area contributed by atoms with E-state index in [-0.39, 0.29) is 5.91 Å². The van der Waals surface area contributed by atoms with E-state index in [0.29, 0.717) is 17.6 Å². The van der Waals surface area contributed by atoms with Crippen LogP contribution in [0.5, 0.6) is 0 Å². The quantitative estimate of drug-likeness (QED) is 0.868. The average molecular weight is 297 g/mol. The Morgan fingerprint density at radius 3 is 2.59 bits per heavy atom. The summed E-state index contributed by atoms with van der Waals surface area (Å²) in [5, 5.41) is 0. The van der Waals surface area contributed by atoms with Crippen LogP contribution < -0.4 is 0 Å². The summed E-state index contributed by atoms with van der Waals surface area (Å²) in [6.07, 6.45) is 3.40. The maximum atomic E-state index is 12.3. The van der Waals surface area contributed by atoms with E-state index in [1.54, 1.807) is 18.4 Å². The van der Waals surface area contributed by atoms with Crippen molar-refractivity contribution in [3.05, 3.63) is 54.2 Å². The van der Waals surface area contributed by atoms with E-state index >= 15 is 0 Å². The van der Waals surface area contributed by atoms with E-state index in [1.165, 1.54) is 0 Å². The fraction of sp³-hybridized carbons (Fsp3) is 0.412. The molecule has 0 spiro atoms. The van der Waals surface area contributed by atoms with Crippen molar-refractivity contribution < 1.29 is 9.21 Å². The zero-order valence-electron chi connectivity index (χ0n) is 12.4. The highest BCUT2D eigenvalue weighted by atomic mass is 16.3. The average Bonchev–Trinajstić information content (AvgIpc) is 3.23. The minimum atomic E-state index is 0.0238. The van der Waals surface area contributed by atoms with Gasteiger partial charge in [-0.2, -0.15) is 0 Å². The van der Waals surface area contributed by atoms with Crippen LogP contribution in [0.3, 0.4) is 0 Å². The van der Waals surface area contributed by atoms with Crippen LogP contribution in [0, 0.1) is 11.8 Å². The Hall–Kier alpha value is -2.14. The number of carbonyl (C=O) groups is 1. The second-order valence-electron chi connectivity index (χ2n) is 6.22. The van der Waals surface area contributed by atoms with Gasteiger partial charge in [0.05, 0.1) is 12.0 Å². The van der Waals surface area contributed by atoms with Gasteiger partial charge < -0.3 is 9.32 Å². The number of fused-ring (bicyclic) bond motifs is 1. The summed E-state index contributed by atoms with van der Waals surface area (Å²) in [4.78, 5) is 21.1. The number of aromatic nitrogens is 1. The number of hydrogen-bond donors (Lipinski definition) is 0. The van der Waals surface area contributed by atoms with Crippen LogP contribution in [0.15, 0.2) is 47.2 Å². The minimum absolute atomic E-state index is 0.0238. The highest BCUT2D eigenvalue weighted by molar-refractivity contribution is 5.91. The molecule has 2 aromatic rings. The number of furan rings is 1. The van der Waals surface area contributed by atoms with Gasteiger partial charge in [0.15, 0.2) is 5.76 Å². The summed E-state index contributed by atoms with van der Waals surface area (Å²) in [5.41, 5.74) is 1.12. The van der Waals surface area contributed by atoms with E-state index in [0.717, 1.165) is 38.4 Å². The zero-order chi connectivity index (χ0) is 14.9. The number of carbonyl (C=O) groups excluding carboxylic acids is 1. The fourth-order valence-electron chi connectivity index (χ4n) is 3.66. The van der Waals surface area contributed by atoms with Crippen LogP contribution in [-0.4, -0.2) is 46.9 Å². The van der Waals surface area contributed by atoms with Crippen LogP contribution in [0.4, 0.5) is 0 Å². The molecule has 2 saturated heterocycles. The molecule has 0 unspecified atom stereocenters. The second kappa shape index (κ2) is 5.57. The molecule has 0 aliphatic carbocycles. The highest BCUT2D eigenvalue weighted by Gasteiger charge is 2.42. The molecule has 2 aliphatic rings. The van der Waals surface area contributed by atoms with E-state index in [1.807, 2.05) is 23.2 Å². The van der Waals surface area contributed by atoms with E-state index in [9.17, 15) is 4.79 Å². The summed E-state index contributed by atoms with van der Waals surface area (Å²) in [6.45, 7) is 4.66. The Morgan fingerprint density at radius 1 is 1.14 bits per heavy atom. The van der Waals surface area contributed by atoms with Crippen molar-refractivity contribution in [3.8, 4) is 0 Å². The lowest BCUT2D eigenvalue weighted by molar-refractivity contribution is 0.0741. The van der Waals surface area contributed by atoms with Crippen molar-refractivity contribution in [1.82, 2.24) is 14.8 Å². The summed E-state index contributed by atoms with van der Waals surface area (Å²) in [7, 11) is 0. The number of pyridine rings is 1. The van der Waals surface area contributed by atoms with Gasteiger partial charge in [-0.15, -0.1) is 0 Å². The second-order valence-corrected chi connectivity index (χ2v) is 6.22. The molecule has 0 saturated carbocycles. The van der Waals surface area contributed by atoms with Gasteiger partial charge in [-0.1, -0.05) is 6.07 Å². The topological polar surface area (TPSA) is 49.6 Å².